The van der Waals surface area contributed by atoms with Crippen LogP contribution in [0, 0.1) is 23.2 Å². The van der Waals surface area contributed by atoms with Crippen LogP contribution in [0.2, 0.25) is 0 Å². The number of carbonyl (C=O) groups excluding carboxylic acids is 3. The maximum Gasteiger partial charge on any atom is 0.287 e. The molecule has 3 atom stereocenters. The second-order valence-electron chi connectivity index (χ2n) is 8.35. The highest BCUT2D eigenvalue weighted by molar-refractivity contribution is 5.98. The van der Waals surface area contributed by atoms with Gasteiger partial charge in [-0.25, -0.2) is 4.98 Å². The molecule has 2 heterocycles. The summed E-state index contributed by atoms with van der Waals surface area (Å²) in [4.78, 5) is 44.9. The van der Waals surface area contributed by atoms with E-state index in [4.69, 9.17) is 4.74 Å². The Labute approximate surface area is 185 Å². The minimum absolute atomic E-state index is 0.0811. The summed E-state index contributed by atoms with van der Waals surface area (Å²) in [6.45, 7) is 0.582. The molecule has 3 amide bonds. The van der Waals surface area contributed by atoms with Gasteiger partial charge in [0.05, 0.1) is 18.7 Å². The molecule has 2 aliphatic rings. The Balaban J connectivity index is 1.44. The first-order valence-electron chi connectivity index (χ1n) is 10.8. The van der Waals surface area contributed by atoms with Crippen LogP contribution in [-0.2, 0) is 9.59 Å². The van der Waals surface area contributed by atoms with Crippen LogP contribution < -0.4 is 20.7 Å². The first-order chi connectivity index (χ1) is 15.5. The lowest BCUT2D eigenvalue weighted by Gasteiger charge is -2.21. The zero-order chi connectivity index (χ0) is 22.7. The van der Waals surface area contributed by atoms with E-state index >= 15 is 0 Å². The van der Waals surface area contributed by atoms with E-state index in [-0.39, 0.29) is 24.1 Å². The molecule has 0 bridgehead atoms. The van der Waals surface area contributed by atoms with Crippen molar-refractivity contribution >= 4 is 28.8 Å². The number of para-hydroxylation sites is 1. The monoisotopic (exact) mass is 438 g/mol. The molecule has 168 valence electrons. The third-order valence-electron chi connectivity index (χ3n) is 5.95. The van der Waals surface area contributed by atoms with Gasteiger partial charge in [0.1, 0.15) is 23.3 Å². The van der Waals surface area contributed by atoms with Crippen molar-refractivity contribution in [2.45, 2.75) is 44.2 Å². The van der Waals surface area contributed by atoms with Gasteiger partial charge in [-0.05, 0) is 37.3 Å². The molecular formula is C22H26N6O4. The number of benzene rings is 1. The van der Waals surface area contributed by atoms with Crippen molar-refractivity contribution in [3.05, 3.63) is 24.0 Å². The van der Waals surface area contributed by atoms with Crippen LogP contribution in [-0.4, -0.2) is 53.4 Å². The van der Waals surface area contributed by atoms with Crippen molar-refractivity contribution < 1.29 is 19.1 Å². The lowest BCUT2D eigenvalue weighted by molar-refractivity contribution is -0.125. The van der Waals surface area contributed by atoms with Crippen molar-refractivity contribution in [1.82, 2.24) is 25.9 Å². The van der Waals surface area contributed by atoms with Gasteiger partial charge in [0.25, 0.3) is 5.91 Å². The van der Waals surface area contributed by atoms with E-state index in [2.05, 4.69) is 32.0 Å². The molecule has 1 saturated carbocycles. The molecular weight excluding hydrogens is 412 g/mol. The minimum atomic E-state index is -0.801. The zero-order valence-electron chi connectivity index (χ0n) is 17.8. The van der Waals surface area contributed by atoms with Crippen LogP contribution in [0.1, 0.15) is 42.7 Å². The molecule has 1 aliphatic heterocycles. The van der Waals surface area contributed by atoms with Crippen LogP contribution in [0.25, 0.3) is 11.0 Å². The van der Waals surface area contributed by atoms with Crippen molar-refractivity contribution in [1.29, 1.82) is 5.26 Å². The molecule has 1 aromatic heterocycles. The third kappa shape index (κ3) is 4.82. The Morgan fingerprint density at radius 2 is 2.09 bits per heavy atom. The second-order valence-corrected chi connectivity index (χ2v) is 8.35. The van der Waals surface area contributed by atoms with E-state index in [9.17, 15) is 19.6 Å². The fourth-order valence-corrected chi connectivity index (χ4v) is 3.99. The summed E-state index contributed by atoms with van der Waals surface area (Å²) in [6.07, 6.45) is 3.40. The van der Waals surface area contributed by atoms with Crippen molar-refractivity contribution in [2.75, 3.05) is 13.7 Å². The molecule has 10 nitrogen and oxygen atoms in total. The number of aromatic nitrogens is 2. The van der Waals surface area contributed by atoms with Gasteiger partial charge < -0.3 is 25.7 Å². The van der Waals surface area contributed by atoms with E-state index in [1.807, 2.05) is 0 Å². The topological polar surface area (TPSA) is 149 Å². The molecule has 0 spiro atoms. The van der Waals surface area contributed by atoms with Crippen molar-refractivity contribution in [3.63, 3.8) is 0 Å². The number of imidazole rings is 1. The van der Waals surface area contributed by atoms with Gasteiger partial charge in [-0.3, -0.25) is 14.4 Å². The van der Waals surface area contributed by atoms with Crippen LogP contribution in [0.5, 0.6) is 5.75 Å². The van der Waals surface area contributed by atoms with Gasteiger partial charge in [0, 0.05) is 12.5 Å². The number of carbonyl (C=O) groups is 3. The number of hydrogen-bond acceptors (Lipinski definition) is 6. The molecule has 4 N–H and O–H groups in total. The van der Waals surface area contributed by atoms with Crippen LogP contribution in [0.15, 0.2) is 18.2 Å². The highest BCUT2D eigenvalue weighted by Gasteiger charge is 2.33. The lowest BCUT2D eigenvalue weighted by Crippen LogP contribution is -2.50. The van der Waals surface area contributed by atoms with Crippen LogP contribution >= 0.6 is 0 Å². The van der Waals surface area contributed by atoms with Crippen LogP contribution in [0.3, 0.4) is 0 Å². The van der Waals surface area contributed by atoms with Gasteiger partial charge in [-0.1, -0.05) is 18.9 Å². The average molecular weight is 438 g/mol. The highest BCUT2D eigenvalue weighted by Crippen LogP contribution is 2.33. The summed E-state index contributed by atoms with van der Waals surface area (Å²) >= 11 is 0. The second kappa shape index (κ2) is 9.26. The Morgan fingerprint density at radius 1 is 1.28 bits per heavy atom. The predicted octanol–water partition coefficient (Wildman–Crippen LogP) is 1.00. The Hall–Kier alpha value is -3.61. The maximum absolute atomic E-state index is 12.9. The number of rotatable bonds is 9. The number of methoxy groups -OCH3 is 1. The quantitative estimate of drug-likeness (QED) is 0.459. The maximum atomic E-state index is 12.9. The number of fused-ring (bicyclic) bond motifs is 1. The summed E-state index contributed by atoms with van der Waals surface area (Å²) in [5.41, 5.74) is 1.18. The van der Waals surface area contributed by atoms with E-state index in [1.54, 1.807) is 18.2 Å². The smallest absolute Gasteiger partial charge is 0.287 e. The molecule has 4 rings (SSSR count). The van der Waals surface area contributed by atoms with Gasteiger partial charge in [-0.15, -0.1) is 0 Å². The Bertz CT molecular complexity index is 1070. The van der Waals surface area contributed by atoms with Gasteiger partial charge >= 0.3 is 0 Å². The predicted molar refractivity (Wildman–Crippen MR) is 115 cm³/mol. The molecule has 1 aromatic carbocycles. The summed E-state index contributed by atoms with van der Waals surface area (Å²) in [5, 5.41) is 17.7. The lowest BCUT2D eigenvalue weighted by atomic mass is 9.98. The van der Waals surface area contributed by atoms with Gasteiger partial charge in [-0.2, -0.15) is 5.26 Å². The fourth-order valence-electron chi connectivity index (χ4n) is 3.99. The summed E-state index contributed by atoms with van der Waals surface area (Å²) in [7, 11) is 1.53. The summed E-state index contributed by atoms with van der Waals surface area (Å²) in [6, 6.07) is 5.79. The first-order valence-corrected chi connectivity index (χ1v) is 10.8. The van der Waals surface area contributed by atoms with Crippen molar-refractivity contribution in [3.8, 4) is 11.8 Å². The molecule has 0 radical (unpaired) electrons. The number of H-pyrrole nitrogens is 1. The minimum Gasteiger partial charge on any atom is -0.494 e. The summed E-state index contributed by atoms with van der Waals surface area (Å²) in [5.74, 6) is -0.334. The standard InChI is InChI=1S/C22H26N6O4/c1-32-17-4-2-3-15-18(17)28-19(26-15)22(31)27-16(9-12-5-6-12)21(30)25-14(11-23)10-13-7-8-24-20(13)29/h2-4,12-14,16H,5-10H2,1H3,(H,24,29)(H,25,30)(H,26,28)(H,27,31)/t13-,14-,16-/m0/s1. The molecule has 32 heavy (non-hydrogen) atoms. The molecule has 10 heteroatoms. The number of aromatic amines is 1. The molecule has 0 unspecified atom stereocenters. The largest absolute Gasteiger partial charge is 0.494 e. The number of hydrogen-bond donors (Lipinski definition) is 4. The van der Waals surface area contributed by atoms with E-state index in [1.165, 1.54) is 7.11 Å². The normalized spacial score (nSPS) is 19.6. The van der Waals surface area contributed by atoms with Crippen LogP contribution in [0.4, 0.5) is 0 Å². The van der Waals surface area contributed by atoms with E-state index < -0.39 is 23.9 Å². The fraction of sp³-hybridized carbons (Fsp3) is 0.500. The summed E-state index contributed by atoms with van der Waals surface area (Å²) < 4.78 is 5.28. The van der Waals surface area contributed by atoms with E-state index in [0.717, 1.165) is 12.8 Å². The van der Waals surface area contributed by atoms with Gasteiger partial charge in [0.15, 0.2) is 5.82 Å². The third-order valence-corrected chi connectivity index (χ3v) is 5.95. The molecule has 2 fully saturated rings. The highest BCUT2D eigenvalue weighted by atomic mass is 16.5. The number of nitriles is 1. The molecule has 2 aromatic rings. The molecule has 1 saturated heterocycles. The number of ether oxygens (including phenoxy) is 1. The Kier molecular flexibility index (Phi) is 6.25. The zero-order valence-corrected chi connectivity index (χ0v) is 17.8. The average Bonchev–Trinajstić information content (AvgIpc) is 3.35. The number of nitrogens with one attached hydrogen (secondary N) is 4. The van der Waals surface area contributed by atoms with Crippen molar-refractivity contribution in [2.24, 2.45) is 11.8 Å². The number of amides is 3. The first kappa shape index (κ1) is 21.6. The Morgan fingerprint density at radius 3 is 2.75 bits per heavy atom. The SMILES string of the molecule is COc1cccc2[nH]c(C(=O)N[C@@H](CC3CC3)C(=O)N[C@H](C#N)C[C@@H]3CCNC3=O)nc12. The number of nitrogens with zero attached hydrogens (tertiary/aromatic N) is 2. The molecule has 1 aliphatic carbocycles. The van der Waals surface area contributed by atoms with E-state index in [0.29, 0.717) is 42.1 Å². The van der Waals surface area contributed by atoms with Gasteiger partial charge in [0.2, 0.25) is 11.8 Å².